The van der Waals surface area contributed by atoms with Crippen LogP contribution in [0.15, 0.2) is 12.1 Å². The Morgan fingerprint density at radius 2 is 1.84 bits per heavy atom. The number of benzene rings is 1. The molecule has 0 aliphatic carbocycles. The molecule has 4 heteroatoms. The summed E-state index contributed by atoms with van der Waals surface area (Å²) in [6.07, 6.45) is 0.450. The number of ether oxygens (including phenoxy) is 2. The van der Waals surface area contributed by atoms with Gasteiger partial charge in [0.15, 0.2) is 6.29 Å². The van der Waals surface area contributed by atoms with E-state index in [0.29, 0.717) is 5.56 Å². The molecule has 3 nitrogen and oxygen atoms in total. The number of rotatable bonds is 7. The van der Waals surface area contributed by atoms with Crippen LogP contribution < -0.4 is 5.32 Å². The lowest BCUT2D eigenvalue weighted by Gasteiger charge is -2.28. The van der Waals surface area contributed by atoms with Gasteiger partial charge in [0.05, 0.1) is 6.04 Å². The van der Waals surface area contributed by atoms with Crippen molar-refractivity contribution in [2.45, 2.75) is 39.5 Å². The van der Waals surface area contributed by atoms with Gasteiger partial charge in [0, 0.05) is 19.8 Å². The van der Waals surface area contributed by atoms with Gasteiger partial charge in [-0.1, -0.05) is 13.0 Å². The van der Waals surface area contributed by atoms with Crippen LogP contribution in [-0.4, -0.2) is 27.1 Å². The van der Waals surface area contributed by atoms with Crippen LogP contribution in [0.25, 0.3) is 0 Å². The zero-order valence-electron chi connectivity index (χ0n) is 12.4. The molecular formula is C15H24FNO2. The standard InChI is InChI=1S/C15H24FNO2/c1-6-7-17-14(15(18-4)19-5)13-11(3)8-10(2)9-12(13)16/h8-9,14-15,17H,6-7H2,1-5H3. The van der Waals surface area contributed by atoms with Gasteiger partial charge in [0.2, 0.25) is 0 Å². The smallest absolute Gasteiger partial charge is 0.176 e. The van der Waals surface area contributed by atoms with E-state index in [1.807, 2.05) is 19.9 Å². The second-order valence-corrected chi connectivity index (χ2v) is 4.75. The number of hydrogen-bond acceptors (Lipinski definition) is 3. The van der Waals surface area contributed by atoms with E-state index in [9.17, 15) is 4.39 Å². The lowest BCUT2D eigenvalue weighted by atomic mass is 9.97. The van der Waals surface area contributed by atoms with Gasteiger partial charge in [-0.25, -0.2) is 4.39 Å². The second kappa shape index (κ2) is 7.58. The van der Waals surface area contributed by atoms with Crippen LogP contribution in [-0.2, 0) is 9.47 Å². The second-order valence-electron chi connectivity index (χ2n) is 4.75. The van der Waals surface area contributed by atoms with E-state index in [4.69, 9.17) is 9.47 Å². The molecule has 0 aromatic heterocycles. The molecule has 0 spiro atoms. The molecule has 1 aromatic rings. The highest BCUT2D eigenvalue weighted by Crippen LogP contribution is 2.27. The Balaban J connectivity index is 3.16. The van der Waals surface area contributed by atoms with Gasteiger partial charge in [-0.2, -0.15) is 0 Å². The molecule has 0 bridgehead atoms. The first-order valence-corrected chi connectivity index (χ1v) is 6.60. The quantitative estimate of drug-likeness (QED) is 0.772. The molecule has 1 N–H and O–H groups in total. The first-order valence-electron chi connectivity index (χ1n) is 6.60. The highest BCUT2D eigenvalue weighted by atomic mass is 19.1. The minimum atomic E-state index is -0.512. The van der Waals surface area contributed by atoms with Crippen LogP contribution in [0.1, 0.15) is 36.1 Å². The maximum Gasteiger partial charge on any atom is 0.176 e. The van der Waals surface area contributed by atoms with E-state index < -0.39 is 6.29 Å². The Labute approximate surface area is 115 Å². The summed E-state index contributed by atoms with van der Waals surface area (Å²) in [5.41, 5.74) is 2.44. The van der Waals surface area contributed by atoms with Crippen LogP contribution >= 0.6 is 0 Å². The first-order chi connectivity index (χ1) is 9.04. The Hall–Kier alpha value is -0.970. The number of halogens is 1. The Morgan fingerprint density at radius 1 is 1.21 bits per heavy atom. The number of methoxy groups -OCH3 is 2. The van der Waals surface area contributed by atoms with Gasteiger partial charge in [0.25, 0.3) is 0 Å². The van der Waals surface area contributed by atoms with Crippen molar-refractivity contribution in [2.75, 3.05) is 20.8 Å². The molecule has 19 heavy (non-hydrogen) atoms. The normalized spacial score (nSPS) is 13.0. The summed E-state index contributed by atoms with van der Waals surface area (Å²) < 4.78 is 24.9. The first kappa shape index (κ1) is 16.1. The molecular weight excluding hydrogens is 245 g/mol. The van der Waals surface area contributed by atoms with Gasteiger partial charge in [-0.15, -0.1) is 0 Å². The van der Waals surface area contributed by atoms with E-state index in [2.05, 4.69) is 12.2 Å². The fourth-order valence-corrected chi connectivity index (χ4v) is 2.32. The molecule has 1 rings (SSSR count). The molecule has 0 aliphatic rings. The molecule has 0 radical (unpaired) electrons. The van der Waals surface area contributed by atoms with E-state index >= 15 is 0 Å². The molecule has 108 valence electrons. The fraction of sp³-hybridized carbons (Fsp3) is 0.600. The lowest BCUT2D eigenvalue weighted by molar-refractivity contribution is -0.124. The third-order valence-electron chi connectivity index (χ3n) is 3.14. The molecule has 0 amide bonds. The van der Waals surface area contributed by atoms with Crippen LogP contribution in [0.5, 0.6) is 0 Å². The van der Waals surface area contributed by atoms with Gasteiger partial charge < -0.3 is 14.8 Å². The maximum absolute atomic E-state index is 14.3. The molecule has 1 atom stereocenters. The monoisotopic (exact) mass is 269 g/mol. The largest absolute Gasteiger partial charge is 0.354 e. The van der Waals surface area contributed by atoms with Crippen LogP contribution in [0, 0.1) is 19.7 Å². The highest BCUT2D eigenvalue weighted by Gasteiger charge is 2.26. The van der Waals surface area contributed by atoms with Crippen LogP contribution in [0.2, 0.25) is 0 Å². The van der Waals surface area contributed by atoms with E-state index in [1.165, 1.54) is 0 Å². The Bertz CT molecular complexity index is 382. The van der Waals surface area contributed by atoms with Gasteiger partial charge in [0.1, 0.15) is 5.82 Å². The third-order valence-corrected chi connectivity index (χ3v) is 3.14. The zero-order chi connectivity index (χ0) is 14.4. The van der Waals surface area contributed by atoms with E-state index in [1.54, 1.807) is 20.3 Å². The van der Waals surface area contributed by atoms with Crippen LogP contribution in [0.3, 0.4) is 0 Å². The molecule has 1 unspecified atom stereocenters. The van der Waals surface area contributed by atoms with Crippen molar-refractivity contribution >= 4 is 0 Å². The average molecular weight is 269 g/mol. The van der Waals surface area contributed by atoms with E-state index in [-0.39, 0.29) is 11.9 Å². The zero-order valence-corrected chi connectivity index (χ0v) is 12.4. The minimum Gasteiger partial charge on any atom is -0.354 e. The molecule has 1 aromatic carbocycles. The van der Waals surface area contributed by atoms with Gasteiger partial charge in [-0.3, -0.25) is 0 Å². The summed E-state index contributed by atoms with van der Waals surface area (Å²) in [5, 5.41) is 3.30. The van der Waals surface area contributed by atoms with Crippen molar-refractivity contribution in [3.63, 3.8) is 0 Å². The Morgan fingerprint density at radius 3 is 2.32 bits per heavy atom. The summed E-state index contributed by atoms with van der Waals surface area (Å²) >= 11 is 0. The average Bonchev–Trinajstić information content (AvgIpc) is 2.35. The number of nitrogens with one attached hydrogen (secondary N) is 1. The van der Waals surface area contributed by atoms with Crippen molar-refractivity contribution in [1.29, 1.82) is 0 Å². The minimum absolute atomic E-state index is 0.217. The van der Waals surface area contributed by atoms with Crippen LogP contribution in [0.4, 0.5) is 4.39 Å². The Kier molecular flexibility index (Phi) is 6.42. The predicted octanol–water partition coefficient (Wildman–Crippen LogP) is 3.10. The summed E-state index contributed by atoms with van der Waals surface area (Å²) in [6, 6.07) is 3.21. The number of hydrogen-bond donors (Lipinski definition) is 1. The predicted molar refractivity (Wildman–Crippen MR) is 74.7 cm³/mol. The van der Waals surface area contributed by atoms with Crippen molar-refractivity contribution in [1.82, 2.24) is 5.32 Å². The molecule has 0 saturated heterocycles. The van der Waals surface area contributed by atoms with Gasteiger partial charge in [-0.05, 0) is 44.0 Å². The van der Waals surface area contributed by atoms with Crippen molar-refractivity contribution in [3.05, 3.63) is 34.6 Å². The molecule has 0 fully saturated rings. The lowest BCUT2D eigenvalue weighted by Crippen LogP contribution is -2.36. The van der Waals surface area contributed by atoms with Gasteiger partial charge >= 0.3 is 0 Å². The number of aryl methyl sites for hydroxylation is 2. The molecule has 0 aliphatic heterocycles. The molecule has 0 saturated carbocycles. The highest BCUT2D eigenvalue weighted by molar-refractivity contribution is 5.34. The molecule has 0 heterocycles. The summed E-state index contributed by atoms with van der Waals surface area (Å²) in [7, 11) is 3.13. The SMILES string of the molecule is CCCNC(c1c(C)cc(C)cc1F)C(OC)OC. The van der Waals surface area contributed by atoms with Crippen molar-refractivity contribution in [2.24, 2.45) is 0 Å². The maximum atomic E-state index is 14.3. The summed E-state index contributed by atoms with van der Waals surface area (Å²) in [5.74, 6) is -0.217. The van der Waals surface area contributed by atoms with Crippen molar-refractivity contribution in [3.8, 4) is 0 Å². The third kappa shape index (κ3) is 4.00. The fourth-order valence-electron chi connectivity index (χ4n) is 2.32. The van der Waals surface area contributed by atoms with E-state index in [0.717, 1.165) is 24.1 Å². The summed E-state index contributed by atoms with van der Waals surface area (Å²) in [6.45, 7) is 6.64. The summed E-state index contributed by atoms with van der Waals surface area (Å²) in [4.78, 5) is 0. The topological polar surface area (TPSA) is 30.5 Å². The van der Waals surface area contributed by atoms with Crippen molar-refractivity contribution < 1.29 is 13.9 Å².